The number of hydrogen-bond donors (Lipinski definition) is 6. The van der Waals surface area contributed by atoms with E-state index in [2.05, 4.69) is 45.9 Å². The molecule has 2 saturated carbocycles. The van der Waals surface area contributed by atoms with Crippen LogP contribution in [0, 0.1) is 0 Å². The molecule has 0 spiro atoms. The van der Waals surface area contributed by atoms with E-state index in [4.69, 9.17) is 25.9 Å². The van der Waals surface area contributed by atoms with E-state index in [1.807, 2.05) is 12.2 Å². The minimum absolute atomic E-state index is 0.167. The zero-order chi connectivity index (χ0) is 41.3. The lowest BCUT2D eigenvalue weighted by atomic mass is 10.1. The number of amides is 4. The molecule has 3 fully saturated rings. The van der Waals surface area contributed by atoms with E-state index in [9.17, 15) is 19.2 Å². The monoisotopic (exact) mass is 816 g/mol. The van der Waals surface area contributed by atoms with Crippen LogP contribution in [0.1, 0.15) is 97.0 Å². The van der Waals surface area contributed by atoms with Crippen molar-refractivity contribution < 1.29 is 28.7 Å². The fraction of sp³-hybridized carbons (Fsp3) is 0.375. The number of anilines is 2. The summed E-state index contributed by atoms with van der Waals surface area (Å²) >= 11 is 0. The number of aromatic amines is 2. The van der Waals surface area contributed by atoms with Crippen molar-refractivity contribution >= 4 is 57.7 Å². The molecule has 1 saturated heterocycles. The van der Waals surface area contributed by atoms with Gasteiger partial charge in [-0.05, 0) is 62.4 Å². The molecule has 0 unspecified atom stereocenters. The second-order valence-corrected chi connectivity index (χ2v) is 15.2. The van der Waals surface area contributed by atoms with Gasteiger partial charge < -0.3 is 25.5 Å². The van der Waals surface area contributed by atoms with Crippen LogP contribution >= 0.6 is 0 Å². The van der Waals surface area contributed by atoms with Gasteiger partial charge in [-0.2, -0.15) is 10.2 Å². The molecular weight excluding hydrogens is 773 g/mol. The maximum atomic E-state index is 13.6. The lowest BCUT2D eigenvalue weighted by Gasteiger charge is -2.26. The van der Waals surface area contributed by atoms with Gasteiger partial charge in [0.25, 0.3) is 11.8 Å². The number of carbonyl (C=O) groups is 4. The van der Waals surface area contributed by atoms with Crippen LogP contribution in [-0.4, -0.2) is 112 Å². The lowest BCUT2D eigenvalue weighted by molar-refractivity contribution is 0.0358. The van der Waals surface area contributed by atoms with E-state index in [-0.39, 0.29) is 47.5 Å². The summed E-state index contributed by atoms with van der Waals surface area (Å²) in [6, 6.07) is 8.16. The third-order valence-electron chi connectivity index (χ3n) is 10.8. The van der Waals surface area contributed by atoms with Crippen molar-refractivity contribution in [3.05, 3.63) is 82.6 Å². The Labute approximate surface area is 342 Å². The number of benzene rings is 1. The number of pyridine rings is 1. The summed E-state index contributed by atoms with van der Waals surface area (Å²) in [5.41, 5.74) is 15.6. The molecule has 0 atom stereocenters. The number of nitrogens with two attached hydrogens (primary N) is 2. The van der Waals surface area contributed by atoms with Crippen LogP contribution < -0.4 is 26.8 Å². The Hall–Kier alpha value is -6.93. The van der Waals surface area contributed by atoms with E-state index in [1.165, 1.54) is 12.3 Å². The molecule has 4 amide bonds. The van der Waals surface area contributed by atoms with Crippen LogP contribution in [0.5, 0.6) is 5.75 Å². The molecular formula is C40H44N14O6. The number of allylic oxidation sites excluding steroid dienone is 2. The van der Waals surface area contributed by atoms with Gasteiger partial charge in [0.05, 0.1) is 30.9 Å². The molecule has 6 heterocycles. The van der Waals surface area contributed by atoms with Crippen molar-refractivity contribution in [3.63, 3.8) is 0 Å². The number of fused-ring (bicyclic) bond motifs is 2. The summed E-state index contributed by atoms with van der Waals surface area (Å²) in [4.78, 5) is 67.5. The average Bonchev–Trinajstić information content (AvgIpc) is 4.09. The Balaban J connectivity index is 1.01. The maximum Gasteiger partial charge on any atom is 0.278 e. The molecule has 60 heavy (non-hydrogen) atoms. The van der Waals surface area contributed by atoms with Crippen LogP contribution in [0.15, 0.2) is 48.7 Å². The number of H-pyrrole nitrogens is 2. The largest absolute Gasteiger partial charge is 0.491 e. The Bertz CT molecular complexity index is 2640. The predicted molar refractivity (Wildman–Crippen MR) is 218 cm³/mol. The third-order valence-corrected chi connectivity index (χ3v) is 10.8. The molecule has 20 heteroatoms. The Morgan fingerprint density at radius 2 is 1.37 bits per heavy atom. The van der Waals surface area contributed by atoms with E-state index in [0.29, 0.717) is 59.6 Å². The minimum Gasteiger partial charge on any atom is -0.491 e. The topological polar surface area (TPSA) is 272 Å². The summed E-state index contributed by atoms with van der Waals surface area (Å²) in [6.45, 7) is 4.61. The van der Waals surface area contributed by atoms with Crippen LogP contribution in [-0.2, 0) is 17.8 Å². The molecule has 1 aliphatic heterocycles. The number of imidazole rings is 2. The van der Waals surface area contributed by atoms with Crippen molar-refractivity contribution in [1.29, 1.82) is 0 Å². The number of aromatic nitrogens is 9. The zero-order valence-corrected chi connectivity index (χ0v) is 32.6. The average molecular weight is 817 g/mol. The van der Waals surface area contributed by atoms with Crippen LogP contribution in [0.4, 0.5) is 11.9 Å². The van der Waals surface area contributed by atoms with Gasteiger partial charge in [0, 0.05) is 67.7 Å². The standard InChI is InChI=1S/C40H44N14O6/c41-34(55)24-16-28-33(32(18-24)60-13-3-8-52-11-14-59-15-12-52)53(39(44-28)46-37(57)30-19-26(48-50-30)22-4-5-22)9-1-2-10-54-36-29(17-25(21-43-36)35(42)56)45-40(54)47-38(58)31-20-27(49-51-31)23-6-7-23/h1-2,16-23H,3-15H2,(H2,41,55)(H2,42,56)(H,48,50)(H,49,51)(H,44,46,57)(H,45,47,58). The van der Waals surface area contributed by atoms with Gasteiger partial charge >= 0.3 is 0 Å². The zero-order valence-electron chi connectivity index (χ0n) is 32.6. The molecule has 3 aliphatic rings. The minimum atomic E-state index is -0.664. The van der Waals surface area contributed by atoms with Gasteiger partial charge in [-0.25, -0.2) is 15.0 Å². The lowest BCUT2D eigenvalue weighted by Crippen LogP contribution is -2.37. The maximum absolute atomic E-state index is 13.6. The quantitative estimate of drug-likeness (QED) is 0.0573. The summed E-state index contributed by atoms with van der Waals surface area (Å²) in [7, 11) is 0. The first-order valence-corrected chi connectivity index (χ1v) is 20.0. The predicted octanol–water partition coefficient (Wildman–Crippen LogP) is 3.04. The molecule has 1 aromatic carbocycles. The van der Waals surface area contributed by atoms with E-state index >= 15 is 0 Å². The molecule has 0 radical (unpaired) electrons. The smallest absolute Gasteiger partial charge is 0.278 e. The highest BCUT2D eigenvalue weighted by Crippen LogP contribution is 2.40. The van der Waals surface area contributed by atoms with Gasteiger partial charge in [-0.3, -0.25) is 49.5 Å². The highest BCUT2D eigenvalue weighted by molar-refractivity contribution is 6.04. The van der Waals surface area contributed by atoms with Gasteiger partial charge in [-0.1, -0.05) is 12.2 Å². The Morgan fingerprint density at radius 1 is 0.783 bits per heavy atom. The highest BCUT2D eigenvalue weighted by Gasteiger charge is 2.29. The van der Waals surface area contributed by atoms with Gasteiger partial charge in [0.15, 0.2) is 17.0 Å². The second-order valence-electron chi connectivity index (χ2n) is 15.2. The van der Waals surface area contributed by atoms with Gasteiger partial charge in [0.1, 0.15) is 16.8 Å². The van der Waals surface area contributed by atoms with Crippen molar-refractivity contribution in [2.24, 2.45) is 11.5 Å². The van der Waals surface area contributed by atoms with Crippen molar-refractivity contribution in [2.75, 3.05) is 50.1 Å². The molecule has 5 aromatic heterocycles. The number of ether oxygens (including phenoxy) is 2. The van der Waals surface area contributed by atoms with Crippen molar-refractivity contribution in [3.8, 4) is 5.75 Å². The fourth-order valence-corrected chi connectivity index (χ4v) is 7.27. The number of nitrogens with zero attached hydrogens (tertiary/aromatic N) is 8. The third kappa shape index (κ3) is 8.32. The molecule has 0 bridgehead atoms. The number of carbonyl (C=O) groups excluding carboxylic acids is 4. The van der Waals surface area contributed by atoms with Crippen LogP contribution in [0.25, 0.3) is 22.2 Å². The number of primary amides is 2. The van der Waals surface area contributed by atoms with E-state index in [0.717, 1.165) is 63.1 Å². The number of morpholine rings is 1. The first-order valence-electron chi connectivity index (χ1n) is 20.0. The number of nitrogens with one attached hydrogen (secondary N) is 4. The Morgan fingerprint density at radius 3 is 1.98 bits per heavy atom. The molecule has 2 aliphatic carbocycles. The normalized spacial score (nSPS) is 15.9. The number of hydrogen-bond acceptors (Lipinski definition) is 12. The van der Waals surface area contributed by atoms with E-state index in [1.54, 1.807) is 33.4 Å². The Kier molecular flexibility index (Phi) is 10.5. The first kappa shape index (κ1) is 38.6. The summed E-state index contributed by atoms with van der Waals surface area (Å²) in [5.74, 6) is -0.735. The first-order chi connectivity index (χ1) is 29.2. The SMILES string of the molecule is NC(=O)c1cnc2c(c1)nc(NC(=O)c1cc(C3CC3)[nH]n1)n2CC=CCn1c(NC(=O)c2cc(C3CC3)[nH]n2)nc2cc(C(N)=O)cc(OCCCN3CCOCC3)c21. The van der Waals surface area contributed by atoms with Crippen molar-refractivity contribution in [1.82, 2.24) is 49.4 Å². The molecule has 6 aromatic rings. The van der Waals surface area contributed by atoms with Crippen LogP contribution in [0.3, 0.4) is 0 Å². The number of rotatable bonds is 17. The summed E-state index contributed by atoms with van der Waals surface area (Å²) in [6.07, 6.45) is 9.95. The second kappa shape index (κ2) is 16.4. The molecule has 310 valence electrons. The van der Waals surface area contributed by atoms with Crippen LogP contribution in [0.2, 0.25) is 0 Å². The molecule has 9 rings (SSSR count). The summed E-state index contributed by atoms with van der Waals surface area (Å²) in [5, 5.41) is 20.1. The van der Waals surface area contributed by atoms with Gasteiger partial charge in [0.2, 0.25) is 23.7 Å². The van der Waals surface area contributed by atoms with E-state index < -0.39 is 23.6 Å². The molecule has 8 N–H and O–H groups in total. The highest BCUT2D eigenvalue weighted by atomic mass is 16.5. The molecule has 20 nitrogen and oxygen atoms in total. The summed E-state index contributed by atoms with van der Waals surface area (Å²) < 4.78 is 15.3. The van der Waals surface area contributed by atoms with Crippen molar-refractivity contribution in [2.45, 2.75) is 57.0 Å². The fourth-order valence-electron chi connectivity index (χ4n) is 7.27. The van der Waals surface area contributed by atoms with Gasteiger partial charge in [-0.15, -0.1) is 0 Å².